The van der Waals surface area contributed by atoms with Crippen LogP contribution in [0.15, 0.2) is 24.5 Å². The van der Waals surface area contributed by atoms with Crippen LogP contribution in [0.4, 0.5) is 0 Å². The molecule has 2 fully saturated rings. The summed E-state index contributed by atoms with van der Waals surface area (Å²) in [5.41, 5.74) is 0.756. The Morgan fingerprint density at radius 3 is 2.88 bits per heavy atom. The van der Waals surface area contributed by atoms with Crippen LogP contribution in [0.3, 0.4) is 0 Å². The van der Waals surface area contributed by atoms with Gasteiger partial charge in [-0.25, -0.2) is 0 Å². The molecular formula is C13H17N3O. The highest BCUT2D eigenvalue weighted by Crippen LogP contribution is 2.22. The van der Waals surface area contributed by atoms with Gasteiger partial charge in [0.25, 0.3) is 5.91 Å². The third-order valence-corrected chi connectivity index (χ3v) is 3.80. The Bertz CT molecular complexity index is 406. The van der Waals surface area contributed by atoms with Crippen molar-refractivity contribution < 1.29 is 4.79 Å². The zero-order chi connectivity index (χ0) is 11.7. The molecule has 1 aromatic rings. The highest BCUT2D eigenvalue weighted by molar-refractivity contribution is 5.94. The molecule has 2 aliphatic rings. The van der Waals surface area contributed by atoms with Gasteiger partial charge in [-0.15, -0.1) is 0 Å². The quantitative estimate of drug-likeness (QED) is 0.723. The van der Waals surface area contributed by atoms with Crippen LogP contribution in [0.2, 0.25) is 0 Å². The van der Waals surface area contributed by atoms with Gasteiger partial charge in [-0.3, -0.25) is 14.7 Å². The Hall–Kier alpha value is -1.42. The summed E-state index contributed by atoms with van der Waals surface area (Å²) < 4.78 is 0. The van der Waals surface area contributed by atoms with Crippen molar-refractivity contribution in [3.05, 3.63) is 30.1 Å². The van der Waals surface area contributed by atoms with E-state index >= 15 is 0 Å². The highest BCUT2D eigenvalue weighted by atomic mass is 16.2. The van der Waals surface area contributed by atoms with Crippen LogP contribution in [0.25, 0.3) is 0 Å². The third kappa shape index (κ3) is 2.05. The normalized spacial score (nSPS) is 24.7. The fourth-order valence-corrected chi connectivity index (χ4v) is 2.85. The molecule has 1 atom stereocenters. The molecule has 1 aromatic heterocycles. The van der Waals surface area contributed by atoms with Gasteiger partial charge in [0.15, 0.2) is 0 Å². The predicted octanol–water partition coefficient (Wildman–Crippen LogP) is 1.00. The number of aromatic nitrogens is 1. The number of carbonyl (C=O) groups is 1. The second-order valence-electron chi connectivity index (χ2n) is 4.82. The minimum atomic E-state index is 0.152. The summed E-state index contributed by atoms with van der Waals surface area (Å²) in [4.78, 5) is 20.7. The molecule has 4 nitrogen and oxygen atoms in total. The molecule has 0 radical (unpaired) electrons. The number of pyridine rings is 1. The fraction of sp³-hybridized carbons (Fsp3) is 0.538. The van der Waals surface area contributed by atoms with Crippen molar-refractivity contribution in [1.29, 1.82) is 0 Å². The van der Waals surface area contributed by atoms with E-state index in [2.05, 4.69) is 9.88 Å². The molecule has 0 spiro atoms. The smallest absolute Gasteiger partial charge is 0.254 e. The van der Waals surface area contributed by atoms with Crippen LogP contribution in [0.1, 0.15) is 23.2 Å². The zero-order valence-electron chi connectivity index (χ0n) is 9.88. The monoisotopic (exact) mass is 231 g/mol. The number of fused-ring (bicyclic) bond motifs is 1. The maximum Gasteiger partial charge on any atom is 0.254 e. The van der Waals surface area contributed by atoms with Gasteiger partial charge in [0.2, 0.25) is 0 Å². The molecule has 90 valence electrons. The molecule has 0 aromatic carbocycles. The summed E-state index contributed by atoms with van der Waals surface area (Å²) in [5.74, 6) is 0.152. The molecule has 0 bridgehead atoms. The van der Waals surface area contributed by atoms with E-state index in [4.69, 9.17) is 0 Å². The number of hydrogen-bond acceptors (Lipinski definition) is 3. The van der Waals surface area contributed by atoms with Crippen LogP contribution in [-0.2, 0) is 0 Å². The van der Waals surface area contributed by atoms with E-state index in [1.165, 1.54) is 19.4 Å². The van der Waals surface area contributed by atoms with E-state index in [0.717, 1.165) is 25.2 Å². The van der Waals surface area contributed by atoms with Crippen molar-refractivity contribution in [3.8, 4) is 0 Å². The summed E-state index contributed by atoms with van der Waals surface area (Å²) >= 11 is 0. The van der Waals surface area contributed by atoms with E-state index < -0.39 is 0 Å². The SMILES string of the molecule is O=C(c1ccncc1)N1CCN2CCCC2C1. The van der Waals surface area contributed by atoms with E-state index in [0.29, 0.717) is 6.04 Å². The molecular weight excluding hydrogens is 214 g/mol. The fourth-order valence-electron chi connectivity index (χ4n) is 2.85. The summed E-state index contributed by atoms with van der Waals surface area (Å²) in [6.07, 6.45) is 5.88. The summed E-state index contributed by atoms with van der Waals surface area (Å²) in [6, 6.07) is 4.18. The average Bonchev–Trinajstić information content (AvgIpc) is 2.86. The molecule has 17 heavy (non-hydrogen) atoms. The number of piperazine rings is 1. The minimum absolute atomic E-state index is 0.152. The van der Waals surface area contributed by atoms with Crippen molar-refractivity contribution >= 4 is 5.91 Å². The lowest BCUT2D eigenvalue weighted by Gasteiger charge is -2.37. The van der Waals surface area contributed by atoms with E-state index in [-0.39, 0.29) is 5.91 Å². The molecule has 2 saturated heterocycles. The van der Waals surface area contributed by atoms with Crippen molar-refractivity contribution in [2.75, 3.05) is 26.2 Å². The first-order chi connectivity index (χ1) is 8.34. The van der Waals surface area contributed by atoms with Gasteiger partial charge < -0.3 is 4.90 Å². The maximum absolute atomic E-state index is 12.3. The predicted molar refractivity (Wildman–Crippen MR) is 64.7 cm³/mol. The number of carbonyl (C=O) groups excluding carboxylic acids is 1. The van der Waals surface area contributed by atoms with Gasteiger partial charge >= 0.3 is 0 Å². The minimum Gasteiger partial charge on any atom is -0.336 e. The van der Waals surface area contributed by atoms with Crippen molar-refractivity contribution in [2.24, 2.45) is 0 Å². The Morgan fingerprint density at radius 2 is 2.06 bits per heavy atom. The number of hydrogen-bond donors (Lipinski definition) is 0. The van der Waals surface area contributed by atoms with Crippen LogP contribution in [0, 0.1) is 0 Å². The second kappa shape index (κ2) is 4.45. The van der Waals surface area contributed by atoms with E-state index in [9.17, 15) is 4.79 Å². The van der Waals surface area contributed by atoms with Gasteiger partial charge in [0, 0.05) is 43.6 Å². The van der Waals surface area contributed by atoms with E-state index in [1.54, 1.807) is 24.5 Å². The lowest BCUT2D eigenvalue weighted by Crippen LogP contribution is -2.52. The van der Waals surface area contributed by atoms with Crippen LogP contribution in [-0.4, -0.2) is 52.9 Å². The average molecular weight is 231 g/mol. The topological polar surface area (TPSA) is 36.4 Å². The molecule has 1 unspecified atom stereocenters. The first-order valence-electron chi connectivity index (χ1n) is 6.28. The van der Waals surface area contributed by atoms with E-state index in [1.807, 2.05) is 4.90 Å². The Kier molecular flexibility index (Phi) is 2.81. The van der Waals surface area contributed by atoms with Crippen molar-refractivity contribution in [3.63, 3.8) is 0 Å². The highest BCUT2D eigenvalue weighted by Gasteiger charge is 2.32. The molecule has 3 heterocycles. The lowest BCUT2D eigenvalue weighted by atomic mass is 10.1. The summed E-state index contributed by atoms with van der Waals surface area (Å²) in [5, 5.41) is 0. The Labute approximate surface area is 101 Å². The first kappa shape index (κ1) is 10.7. The molecule has 0 saturated carbocycles. The standard InChI is InChI=1S/C13H17N3O/c17-13(11-3-5-14-6-4-11)16-9-8-15-7-1-2-12(15)10-16/h3-6,12H,1-2,7-10H2. The van der Waals surface area contributed by atoms with Gasteiger partial charge in [-0.2, -0.15) is 0 Å². The first-order valence-corrected chi connectivity index (χ1v) is 6.28. The number of rotatable bonds is 1. The largest absolute Gasteiger partial charge is 0.336 e. The Morgan fingerprint density at radius 1 is 1.24 bits per heavy atom. The number of amides is 1. The summed E-state index contributed by atoms with van der Waals surface area (Å²) in [7, 11) is 0. The van der Waals surface area contributed by atoms with Gasteiger partial charge in [-0.1, -0.05) is 0 Å². The molecule has 4 heteroatoms. The molecule has 3 rings (SSSR count). The Balaban J connectivity index is 1.71. The molecule has 1 amide bonds. The molecule has 0 N–H and O–H groups in total. The van der Waals surface area contributed by atoms with Crippen molar-refractivity contribution in [1.82, 2.24) is 14.8 Å². The van der Waals surface area contributed by atoms with Crippen LogP contribution >= 0.6 is 0 Å². The maximum atomic E-state index is 12.3. The van der Waals surface area contributed by atoms with Gasteiger partial charge in [-0.05, 0) is 31.5 Å². The van der Waals surface area contributed by atoms with Crippen LogP contribution in [0.5, 0.6) is 0 Å². The number of nitrogens with zero attached hydrogens (tertiary/aromatic N) is 3. The van der Waals surface area contributed by atoms with Gasteiger partial charge in [0.1, 0.15) is 0 Å². The summed E-state index contributed by atoms with van der Waals surface area (Å²) in [6.45, 7) is 3.99. The van der Waals surface area contributed by atoms with Gasteiger partial charge in [0.05, 0.1) is 0 Å². The third-order valence-electron chi connectivity index (χ3n) is 3.80. The van der Waals surface area contributed by atoms with Crippen molar-refractivity contribution in [2.45, 2.75) is 18.9 Å². The lowest BCUT2D eigenvalue weighted by molar-refractivity contribution is 0.0571. The molecule has 0 aliphatic carbocycles. The second-order valence-corrected chi connectivity index (χ2v) is 4.82. The molecule has 2 aliphatic heterocycles. The zero-order valence-corrected chi connectivity index (χ0v) is 9.88. The van der Waals surface area contributed by atoms with Crippen LogP contribution < -0.4 is 0 Å².